The molecule has 0 spiro atoms. The SMILES string of the molecule is CC1CCc2ccccc2N1C(=O)C1CSCN1. The third kappa shape index (κ3) is 2.04. The van der Waals surface area contributed by atoms with Crippen molar-refractivity contribution in [2.75, 3.05) is 16.5 Å². The number of nitrogens with one attached hydrogen (secondary N) is 1. The summed E-state index contributed by atoms with van der Waals surface area (Å²) in [7, 11) is 0. The Balaban J connectivity index is 1.92. The van der Waals surface area contributed by atoms with Crippen LogP contribution in [-0.2, 0) is 11.2 Å². The van der Waals surface area contributed by atoms with Crippen molar-refractivity contribution in [3.05, 3.63) is 29.8 Å². The maximum atomic E-state index is 12.6. The lowest BCUT2D eigenvalue weighted by atomic mass is 9.96. The highest BCUT2D eigenvalue weighted by molar-refractivity contribution is 7.99. The number of hydrogen-bond acceptors (Lipinski definition) is 3. The van der Waals surface area contributed by atoms with Crippen molar-refractivity contribution in [3.63, 3.8) is 0 Å². The Morgan fingerprint density at radius 3 is 3.06 bits per heavy atom. The van der Waals surface area contributed by atoms with Crippen LogP contribution in [0.3, 0.4) is 0 Å². The summed E-state index contributed by atoms with van der Waals surface area (Å²) < 4.78 is 0. The van der Waals surface area contributed by atoms with E-state index >= 15 is 0 Å². The van der Waals surface area contributed by atoms with Crippen LogP contribution < -0.4 is 10.2 Å². The first-order chi connectivity index (χ1) is 8.77. The van der Waals surface area contributed by atoms with Crippen LogP contribution >= 0.6 is 11.8 Å². The second kappa shape index (κ2) is 4.94. The van der Waals surface area contributed by atoms with E-state index in [2.05, 4.69) is 30.4 Å². The maximum absolute atomic E-state index is 12.6. The van der Waals surface area contributed by atoms with E-state index in [0.717, 1.165) is 30.2 Å². The summed E-state index contributed by atoms with van der Waals surface area (Å²) in [5.41, 5.74) is 2.41. The van der Waals surface area contributed by atoms with Crippen molar-refractivity contribution < 1.29 is 4.79 Å². The van der Waals surface area contributed by atoms with E-state index in [4.69, 9.17) is 0 Å². The zero-order valence-electron chi connectivity index (χ0n) is 10.6. The standard InChI is InChI=1S/C14H18N2OS/c1-10-6-7-11-4-2-3-5-13(11)16(10)14(17)12-8-18-9-15-12/h2-5,10,12,15H,6-9H2,1H3. The minimum absolute atomic E-state index is 0.0105. The number of fused-ring (bicyclic) bond motifs is 1. The molecule has 0 saturated carbocycles. The molecule has 2 aliphatic rings. The fourth-order valence-corrected chi connectivity index (χ4v) is 3.68. The number of aryl methyl sites for hydroxylation is 1. The first-order valence-corrected chi connectivity index (χ1v) is 7.65. The Bertz CT molecular complexity index is 457. The van der Waals surface area contributed by atoms with E-state index in [1.807, 2.05) is 11.0 Å². The van der Waals surface area contributed by atoms with Crippen LogP contribution in [0.1, 0.15) is 18.9 Å². The molecule has 2 aliphatic heterocycles. The quantitative estimate of drug-likeness (QED) is 0.840. The van der Waals surface area contributed by atoms with Gasteiger partial charge in [0.05, 0.1) is 6.04 Å². The van der Waals surface area contributed by atoms with Crippen LogP contribution in [0.25, 0.3) is 0 Å². The van der Waals surface area contributed by atoms with Crippen LogP contribution in [0.4, 0.5) is 5.69 Å². The lowest BCUT2D eigenvalue weighted by Gasteiger charge is -2.36. The summed E-state index contributed by atoms with van der Waals surface area (Å²) >= 11 is 1.80. The predicted molar refractivity (Wildman–Crippen MR) is 76.0 cm³/mol. The molecule has 18 heavy (non-hydrogen) atoms. The van der Waals surface area contributed by atoms with Gasteiger partial charge in [-0.15, -0.1) is 11.8 Å². The fourth-order valence-electron chi connectivity index (χ4n) is 2.75. The number of amides is 1. The third-order valence-electron chi connectivity index (χ3n) is 3.78. The Labute approximate surface area is 112 Å². The molecule has 96 valence electrons. The van der Waals surface area contributed by atoms with Crippen LogP contribution in [0.2, 0.25) is 0 Å². The number of rotatable bonds is 1. The second-order valence-corrected chi connectivity index (χ2v) is 6.03. The molecule has 1 aromatic carbocycles. The zero-order valence-corrected chi connectivity index (χ0v) is 11.4. The lowest BCUT2D eigenvalue weighted by Crippen LogP contribution is -2.50. The molecule has 2 heterocycles. The first kappa shape index (κ1) is 12.1. The molecule has 1 amide bonds. The highest BCUT2D eigenvalue weighted by atomic mass is 32.2. The number of carbonyl (C=O) groups excluding carboxylic acids is 1. The molecule has 0 bridgehead atoms. The van der Waals surface area contributed by atoms with Crippen LogP contribution in [0.5, 0.6) is 0 Å². The van der Waals surface area contributed by atoms with Gasteiger partial charge in [0, 0.05) is 23.4 Å². The van der Waals surface area contributed by atoms with Crippen LogP contribution in [0.15, 0.2) is 24.3 Å². The van der Waals surface area contributed by atoms with Gasteiger partial charge >= 0.3 is 0 Å². The van der Waals surface area contributed by atoms with Crippen LogP contribution in [0, 0.1) is 0 Å². The Morgan fingerprint density at radius 2 is 2.28 bits per heavy atom. The molecule has 1 saturated heterocycles. The van der Waals surface area contributed by atoms with E-state index in [0.29, 0.717) is 6.04 Å². The number of hydrogen-bond donors (Lipinski definition) is 1. The van der Waals surface area contributed by atoms with Gasteiger partial charge in [-0.2, -0.15) is 0 Å². The summed E-state index contributed by atoms with van der Waals surface area (Å²) in [5.74, 6) is 2.02. The van der Waals surface area contributed by atoms with Gasteiger partial charge in [0.1, 0.15) is 0 Å². The lowest BCUT2D eigenvalue weighted by molar-refractivity contribution is -0.120. The zero-order chi connectivity index (χ0) is 12.5. The van der Waals surface area contributed by atoms with Crippen molar-refractivity contribution >= 4 is 23.4 Å². The smallest absolute Gasteiger partial charge is 0.245 e. The van der Waals surface area contributed by atoms with E-state index in [-0.39, 0.29) is 11.9 Å². The monoisotopic (exact) mass is 262 g/mol. The Hall–Kier alpha value is -1.000. The van der Waals surface area contributed by atoms with Gasteiger partial charge in [0.25, 0.3) is 0 Å². The van der Waals surface area contributed by atoms with Gasteiger partial charge < -0.3 is 4.90 Å². The predicted octanol–water partition coefficient (Wildman–Crippen LogP) is 2.02. The second-order valence-electron chi connectivity index (χ2n) is 5.00. The highest BCUT2D eigenvalue weighted by Gasteiger charge is 2.33. The van der Waals surface area contributed by atoms with E-state index < -0.39 is 0 Å². The number of nitrogens with zero attached hydrogens (tertiary/aromatic N) is 1. The number of anilines is 1. The van der Waals surface area contributed by atoms with Gasteiger partial charge in [0.15, 0.2) is 0 Å². The van der Waals surface area contributed by atoms with Gasteiger partial charge in [-0.1, -0.05) is 18.2 Å². The van der Waals surface area contributed by atoms with Gasteiger partial charge in [-0.25, -0.2) is 0 Å². The molecular formula is C14H18N2OS. The molecule has 1 fully saturated rings. The topological polar surface area (TPSA) is 32.3 Å². The summed E-state index contributed by atoms with van der Waals surface area (Å²) in [4.78, 5) is 14.6. The molecule has 3 nitrogen and oxygen atoms in total. The minimum atomic E-state index is -0.0105. The number of benzene rings is 1. The van der Waals surface area contributed by atoms with Gasteiger partial charge in [-0.05, 0) is 31.4 Å². The van der Waals surface area contributed by atoms with Crippen LogP contribution in [-0.4, -0.2) is 29.6 Å². The normalized spacial score (nSPS) is 27.1. The highest BCUT2D eigenvalue weighted by Crippen LogP contribution is 2.31. The molecule has 4 heteroatoms. The molecule has 0 radical (unpaired) electrons. The molecule has 2 unspecified atom stereocenters. The molecular weight excluding hydrogens is 244 g/mol. The largest absolute Gasteiger partial charge is 0.308 e. The number of thioether (sulfide) groups is 1. The summed E-state index contributed by atoms with van der Waals surface area (Å²) in [6, 6.07) is 8.58. The molecule has 1 N–H and O–H groups in total. The number of carbonyl (C=O) groups is 1. The average Bonchev–Trinajstić information content (AvgIpc) is 2.92. The first-order valence-electron chi connectivity index (χ1n) is 6.49. The Kier molecular flexibility index (Phi) is 3.31. The molecule has 2 atom stereocenters. The maximum Gasteiger partial charge on any atom is 0.245 e. The molecule has 0 aromatic heterocycles. The van der Waals surface area contributed by atoms with Crippen molar-refractivity contribution in [2.24, 2.45) is 0 Å². The molecule has 3 rings (SSSR count). The Morgan fingerprint density at radius 1 is 1.44 bits per heavy atom. The van der Waals surface area contributed by atoms with E-state index in [9.17, 15) is 4.79 Å². The van der Waals surface area contributed by atoms with E-state index in [1.165, 1.54) is 5.56 Å². The molecule has 0 aliphatic carbocycles. The van der Waals surface area contributed by atoms with E-state index in [1.54, 1.807) is 11.8 Å². The van der Waals surface area contributed by atoms with Gasteiger partial charge in [0.2, 0.25) is 5.91 Å². The van der Waals surface area contributed by atoms with Gasteiger partial charge in [-0.3, -0.25) is 10.1 Å². The van der Waals surface area contributed by atoms with Crippen molar-refractivity contribution in [3.8, 4) is 0 Å². The van der Waals surface area contributed by atoms with Crippen molar-refractivity contribution in [1.29, 1.82) is 0 Å². The minimum Gasteiger partial charge on any atom is -0.308 e. The summed E-state index contributed by atoms with van der Waals surface area (Å²) in [5, 5.41) is 3.28. The van der Waals surface area contributed by atoms with Crippen molar-refractivity contribution in [1.82, 2.24) is 5.32 Å². The average molecular weight is 262 g/mol. The summed E-state index contributed by atoms with van der Waals surface area (Å²) in [6.07, 6.45) is 2.14. The fraction of sp³-hybridized carbons (Fsp3) is 0.500. The third-order valence-corrected chi connectivity index (χ3v) is 4.72. The number of para-hydroxylation sites is 1. The summed E-state index contributed by atoms with van der Waals surface area (Å²) in [6.45, 7) is 2.15. The molecule has 1 aromatic rings. The van der Waals surface area contributed by atoms with Crippen molar-refractivity contribution in [2.45, 2.75) is 31.8 Å².